The fraction of sp³-hybridized carbons (Fsp3) is 0.818. The number of allylic oxidation sites excluding steroid dienone is 1. The zero-order chi connectivity index (χ0) is 18.0. The first-order valence-corrected chi connectivity index (χ1v) is 10.3. The number of ketones is 1. The van der Waals surface area contributed by atoms with E-state index in [4.69, 9.17) is 5.73 Å². The van der Waals surface area contributed by atoms with E-state index in [0.29, 0.717) is 11.7 Å². The Bertz CT molecular complexity index is 638. The van der Waals surface area contributed by atoms with Gasteiger partial charge < -0.3 is 5.73 Å². The summed E-state index contributed by atoms with van der Waals surface area (Å²) in [6.45, 7) is 6.93. The van der Waals surface area contributed by atoms with E-state index in [9.17, 15) is 9.59 Å². The van der Waals surface area contributed by atoms with E-state index in [1.54, 1.807) is 0 Å². The van der Waals surface area contributed by atoms with Crippen LogP contribution in [0.15, 0.2) is 11.6 Å². The third-order valence-electron chi connectivity index (χ3n) is 9.09. The van der Waals surface area contributed by atoms with Crippen LogP contribution in [0.2, 0.25) is 0 Å². The maximum Gasteiger partial charge on any atom is 0.220 e. The van der Waals surface area contributed by atoms with Gasteiger partial charge >= 0.3 is 0 Å². The highest BCUT2D eigenvalue weighted by molar-refractivity contribution is 5.91. The van der Waals surface area contributed by atoms with Crippen molar-refractivity contribution in [1.82, 2.24) is 0 Å². The molecule has 0 aromatic heterocycles. The zero-order valence-electron chi connectivity index (χ0n) is 16.0. The highest BCUT2D eigenvalue weighted by Crippen LogP contribution is 2.67. The van der Waals surface area contributed by atoms with Crippen molar-refractivity contribution in [2.75, 3.05) is 0 Å². The fourth-order valence-corrected chi connectivity index (χ4v) is 7.62. The SMILES string of the molecule is CC(C(N)=O)[C@H]1CC[C@H]2[C@@H]3CCC4=CC(=O)CC[C@]4(C)[C@H]3CC[C@]12C. The van der Waals surface area contributed by atoms with Crippen molar-refractivity contribution in [1.29, 1.82) is 0 Å². The van der Waals surface area contributed by atoms with E-state index < -0.39 is 0 Å². The quantitative estimate of drug-likeness (QED) is 0.814. The summed E-state index contributed by atoms with van der Waals surface area (Å²) in [6, 6.07) is 0. The lowest BCUT2D eigenvalue weighted by Gasteiger charge is -2.58. The van der Waals surface area contributed by atoms with E-state index in [2.05, 4.69) is 13.8 Å². The van der Waals surface area contributed by atoms with Gasteiger partial charge in [-0.3, -0.25) is 9.59 Å². The molecule has 4 rings (SSSR count). The van der Waals surface area contributed by atoms with E-state index in [1.807, 2.05) is 13.0 Å². The number of hydrogen-bond donors (Lipinski definition) is 1. The van der Waals surface area contributed by atoms with Crippen molar-refractivity contribution in [3.8, 4) is 0 Å². The van der Waals surface area contributed by atoms with E-state index in [-0.39, 0.29) is 22.7 Å². The molecular formula is C22H33NO2. The molecule has 7 atom stereocenters. The first-order valence-electron chi connectivity index (χ1n) is 10.3. The summed E-state index contributed by atoms with van der Waals surface area (Å²) in [5, 5.41) is 0. The Morgan fingerprint density at radius 3 is 2.60 bits per heavy atom. The summed E-state index contributed by atoms with van der Waals surface area (Å²) in [5.74, 6) is 2.88. The molecule has 0 saturated heterocycles. The number of carbonyl (C=O) groups is 2. The van der Waals surface area contributed by atoms with Crippen molar-refractivity contribution in [3.63, 3.8) is 0 Å². The number of nitrogens with two attached hydrogens (primary N) is 1. The highest BCUT2D eigenvalue weighted by atomic mass is 16.1. The van der Waals surface area contributed by atoms with Gasteiger partial charge in [0.05, 0.1) is 0 Å². The number of carbonyl (C=O) groups excluding carboxylic acids is 2. The minimum Gasteiger partial charge on any atom is -0.369 e. The maximum absolute atomic E-state index is 11.9. The molecule has 4 aliphatic carbocycles. The van der Waals surface area contributed by atoms with Crippen LogP contribution < -0.4 is 5.73 Å². The monoisotopic (exact) mass is 343 g/mol. The Morgan fingerprint density at radius 1 is 1.12 bits per heavy atom. The third-order valence-corrected chi connectivity index (χ3v) is 9.09. The van der Waals surface area contributed by atoms with E-state index >= 15 is 0 Å². The molecule has 0 bridgehead atoms. The van der Waals surface area contributed by atoms with Crippen LogP contribution in [0.3, 0.4) is 0 Å². The largest absolute Gasteiger partial charge is 0.369 e. The molecule has 0 aromatic rings. The van der Waals surface area contributed by atoms with E-state index in [0.717, 1.165) is 43.4 Å². The van der Waals surface area contributed by atoms with Gasteiger partial charge in [-0.25, -0.2) is 0 Å². The maximum atomic E-state index is 11.9. The van der Waals surface area contributed by atoms with Crippen LogP contribution in [-0.2, 0) is 9.59 Å². The molecule has 3 nitrogen and oxygen atoms in total. The fourth-order valence-electron chi connectivity index (χ4n) is 7.62. The molecule has 0 heterocycles. The van der Waals surface area contributed by atoms with Crippen LogP contribution in [0.4, 0.5) is 0 Å². The molecule has 4 aliphatic rings. The molecule has 2 N–H and O–H groups in total. The molecule has 3 saturated carbocycles. The van der Waals surface area contributed by atoms with Gasteiger partial charge in [0.1, 0.15) is 0 Å². The molecule has 3 fully saturated rings. The number of hydrogen-bond acceptors (Lipinski definition) is 2. The summed E-state index contributed by atoms with van der Waals surface area (Å²) in [4.78, 5) is 23.8. The normalized spacial score (nSPS) is 47.3. The molecule has 0 radical (unpaired) electrons. The smallest absolute Gasteiger partial charge is 0.220 e. The average molecular weight is 344 g/mol. The van der Waals surface area contributed by atoms with Crippen molar-refractivity contribution in [2.45, 2.75) is 72.1 Å². The number of amides is 1. The first kappa shape index (κ1) is 17.3. The van der Waals surface area contributed by atoms with Crippen LogP contribution in [0, 0.1) is 40.4 Å². The number of fused-ring (bicyclic) bond motifs is 5. The average Bonchev–Trinajstić information content (AvgIpc) is 2.92. The lowest BCUT2D eigenvalue weighted by Crippen LogP contribution is -2.51. The van der Waals surface area contributed by atoms with Crippen molar-refractivity contribution in [2.24, 2.45) is 46.2 Å². The lowest BCUT2D eigenvalue weighted by molar-refractivity contribution is -0.126. The van der Waals surface area contributed by atoms with Gasteiger partial charge in [0.2, 0.25) is 5.91 Å². The van der Waals surface area contributed by atoms with Crippen molar-refractivity contribution in [3.05, 3.63) is 11.6 Å². The van der Waals surface area contributed by atoms with Gasteiger partial charge in [-0.1, -0.05) is 26.3 Å². The Labute approximate surface area is 151 Å². The molecular weight excluding hydrogens is 310 g/mol. The topological polar surface area (TPSA) is 60.2 Å². The predicted octanol–water partition coefficient (Wildman–Crippen LogP) is 4.26. The van der Waals surface area contributed by atoms with Crippen molar-refractivity contribution < 1.29 is 9.59 Å². The Balaban J connectivity index is 1.63. The summed E-state index contributed by atoms with van der Waals surface area (Å²) in [5.41, 5.74) is 7.63. The molecule has 3 heteroatoms. The van der Waals surface area contributed by atoms with Gasteiger partial charge in [-0.15, -0.1) is 0 Å². The summed E-state index contributed by atoms with van der Waals surface area (Å²) in [7, 11) is 0. The van der Waals surface area contributed by atoms with Gasteiger partial charge in [0.25, 0.3) is 0 Å². The Hall–Kier alpha value is -1.12. The zero-order valence-corrected chi connectivity index (χ0v) is 16.0. The second-order valence-corrected chi connectivity index (χ2v) is 9.89. The summed E-state index contributed by atoms with van der Waals surface area (Å²) in [6.07, 6.45) is 11.0. The van der Waals surface area contributed by atoms with Gasteiger partial charge in [0.15, 0.2) is 5.78 Å². The molecule has 1 amide bonds. The second kappa shape index (κ2) is 5.69. The van der Waals surface area contributed by atoms with E-state index in [1.165, 1.54) is 31.3 Å². The summed E-state index contributed by atoms with van der Waals surface area (Å²) >= 11 is 0. The Kier molecular flexibility index (Phi) is 3.94. The molecule has 0 aromatic carbocycles. The summed E-state index contributed by atoms with van der Waals surface area (Å²) < 4.78 is 0. The van der Waals surface area contributed by atoms with Crippen LogP contribution >= 0.6 is 0 Å². The number of primary amides is 1. The minimum absolute atomic E-state index is 0.00603. The number of rotatable bonds is 2. The third kappa shape index (κ3) is 2.37. The molecule has 1 unspecified atom stereocenters. The van der Waals surface area contributed by atoms with Crippen LogP contribution in [0.25, 0.3) is 0 Å². The van der Waals surface area contributed by atoms with Gasteiger partial charge in [-0.05, 0) is 85.5 Å². The minimum atomic E-state index is -0.124. The predicted molar refractivity (Wildman–Crippen MR) is 98.6 cm³/mol. The lowest BCUT2D eigenvalue weighted by atomic mass is 9.46. The van der Waals surface area contributed by atoms with Crippen molar-refractivity contribution >= 4 is 11.7 Å². The van der Waals surface area contributed by atoms with Crippen LogP contribution in [0.5, 0.6) is 0 Å². The molecule has 0 aliphatic heterocycles. The highest BCUT2D eigenvalue weighted by Gasteiger charge is 2.59. The van der Waals surface area contributed by atoms with Gasteiger partial charge in [0, 0.05) is 12.3 Å². The van der Waals surface area contributed by atoms with Gasteiger partial charge in [-0.2, -0.15) is 0 Å². The van der Waals surface area contributed by atoms with Crippen LogP contribution in [0.1, 0.15) is 72.1 Å². The molecule has 25 heavy (non-hydrogen) atoms. The Morgan fingerprint density at radius 2 is 1.88 bits per heavy atom. The standard InChI is InChI=1S/C22H33NO2/c1-13(20(23)25)17-6-7-18-16-5-4-14-12-15(24)8-10-21(14,2)19(16)9-11-22(17,18)3/h12-13,16-19H,4-11H2,1-3H3,(H2,23,25)/t13?,16-,17+,18-,19-,21-,22+/m0/s1. The second-order valence-electron chi connectivity index (χ2n) is 9.89. The molecule has 138 valence electrons. The molecule has 0 spiro atoms. The van der Waals surface area contributed by atoms with Crippen LogP contribution in [-0.4, -0.2) is 11.7 Å². The first-order chi connectivity index (χ1) is 11.8.